The maximum Gasteiger partial charge on any atom is 0.293 e. The number of aromatic nitrogens is 5. The summed E-state index contributed by atoms with van der Waals surface area (Å²) in [4.78, 5) is 17.7. The largest absolute Gasteiger partial charge is 0.472 e. The predicted octanol–water partition coefficient (Wildman–Crippen LogP) is 3.36. The molecule has 28 heavy (non-hydrogen) atoms. The van der Waals surface area contributed by atoms with Crippen LogP contribution in [0.1, 0.15) is 17.1 Å². The highest BCUT2D eigenvalue weighted by Crippen LogP contribution is 2.26. The van der Waals surface area contributed by atoms with Gasteiger partial charge in [0, 0.05) is 5.56 Å². The minimum Gasteiger partial charge on any atom is -0.472 e. The number of fused-ring (bicyclic) bond motifs is 3. The molecule has 1 aromatic carbocycles. The van der Waals surface area contributed by atoms with Crippen LogP contribution in [0.3, 0.4) is 0 Å². The van der Waals surface area contributed by atoms with E-state index in [-0.39, 0.29) is 5.56 Å². The zero-order valence-corrected chi connectivity index (χ0v) is 15.5. The summed E-state index contributed by atoms with van der Waals surface area (Å²) in [6.45, 7) is 4.14. The lowest BCUT2D eigenvalue weighted by Crippen LogP contribution is -2.26. The molecule has 5 aromatic rings. The molecule has 0 saturated carbocycles. The van der Waals surface area contributed by atoms with E-state index >= 15 is 0 Å². The first-order valence-corrected chi connectivity index (χ1v) is 8.96. The normalized spacial score (nSPS) is 11.5. The Morgan fingerprint density at radius 2 is 1.89 bits per heavy atom. The molecule has 0 atom stereocenters. The maximum absolute atomic E-state index is 13.1. The van der Waals surface area contributed by atoms with E-state index in [9.17, 15) is 4.79 Å². The zero-order valence-electron chi connectivity index (χ0n) is 15.5. The van der Waals surface area contributed by atoms with Crippen molar-refractivity contribution in [2.24, 2.45) is 0 Å². The Hall–Kier alpha value is -3.74. The van der Waals surface area contributed by atoms with Crippen LogP contribution >= 0.6 is 0 Å². The standard InChI is InChI=1S/C21H17N5O2/c1-13-19-18-10-17(16-8-9-28-12-16)24-26(18)14(2)22-20(19)21(27)25(23-13)11-15-6-4-3-5-7-15/h3-10,12H,11H2,1-2H3. The van der Waals surface area contributed by atoms with E-state index in [0.29, 0.717) is 17.9 Å². The quantitative estimate of drug-likeness (QED) is 0.486. The van der Waals surface area contributed by atoms with E-state index in [0.717, 1.165) is 33.4 Å². The average molecular weight is 371 g/mol. The van der Waals surface area contributed by atoms with Gasteiger partial charge < -0.3 is 4.42 Å². The first-order chi connectivity index (χ1) is 13.6. The van der Waals surface area contributed by atoms with Gasteiger partial charge in [-0.15, -0.1) is 0 Å². The Balaban J connectivity index is 1.76. The molecule has 4 aromatic heterocycles. The molecule has 0 N–H and O–H groups in total. The summed E-state index contributed by atoms with van der Waals surface area (Å²) in [5.41, 5.74) is 4.40. The van der Waals surface area contributed by atoms with Gasteiger partial charge in [-0.1, -0.05) is 30.3 Å². The fourth-order valence-electron chi connectivity index (χ4n) is 3.52. The van der Waals surface area contributed by atoms with Crippen molar-refractivity contribution in [2.75, 3.05) is 0 Å². The van der Waals surface area contributed by atoms with Crippen LogP contribution in [-0.4, -0.2) is 24.4 Å². The second-order valence-corrected chi connectivity index (χ2v) is 6.76. The number of rotatable bonds is 3. The van der Waals surface area contributed by atoms with Crippen molar-refractivity contribution in [3.05, 3.63) is 82.4 Å². The number of hydrogen-bond donors (Lipinski definition) is 0. The molecule has 0 fully saturated rings. The third kappa shape index (κ3) is 2.51. The molecule has 4 heterocycles. The van der Waals surface area contributed by atoms with Crippen molar-refractivity contribution in [2.45, 2.75) is 20.4 Å². The zero-order chi connectivity index (χ0) is 19.3. The van der Waals surface area contributed by atoms with Crippen molar-refractivity contribution in [3.8, 4) is 11.3 Å². The third-order valence-electron chi connectivity index (χ3n) is 4.84. The fourth-order valence-corrected chi connectivity index (χ4v) is 3.52. The van der Waals surface area contributed by atoms with Crippen LogP contribution in [0.2, 0.25) is 0 Å². The maximum atomic E-state index is 13.1. The van der Waals surface area contributed by atoms with Gasteiger partial charge in [-0.2, -0.15) is 10.2 Å². The number of benzene rings is 1. The molecule has 5 rings (SSSR count). The SMILES string of the molecule is Cc1nn(Cc2ccccc2)c(=O)c2nc(C)n3nc(-c4ccoc4)cc3c12. The van der Waals surface area contributed by atoms with Gasteiger partial charge in [-0.05, 0) is 31.5 Å². The minimum atomic E-state index is -0.207. The van der Waals surface area contributed by atoms with Gasteiger partial charge in [-0.3, -0.25) is 4.79 Å². The van der Waals surface area contributed by atoms with Gasteiger partial charge in [-0.25, -0.2) is 14.2 Å². The van der Waals surface area contributed by atoms with Crippen LogP contribution in [-0.2, 0) is 6.54 Å². The first kappa shape index (κ1) is 16.4. The summed E-state index contributed by atoms with van der Waals surface area (Å²) in [6, 6.07) is 13.6. The Morgan fingerprint density at radius 3 is 2.64 bits per heavy atom. The second kappa shape index (κ2) is 6.16. The highest BCUT2D eigenvalue weighted by molar-refractivity contribution is 5.96. The van der Waals surface area contributed by atoms with Crippen LogP contribution < -0.4 is 5.56 Å². The topological polar surface area (TPSA) is 78.2 Å². The van der Waals surface area contributed by atoms with Crippen molar-refractivity contribution < 1.29 is 4.42 Å². The molecule has 0 spiro atoms. The molecule has 0 radical (unpaired) electrons. The first-order valence-electron chi connectivity index (χ1n) is 8.96. The van der Waals surface area contributed by atoms with Crippen LogP contribution in [0.15, 0.2) is 64.2 Å². The van der Waals surface area contributed by atoms with Crippen LogP contribution in [0.4, 0.5) is 0 Å². The lowest BCUT2D eigenvalue weighted by Gasteiger charge is -2.10. The van der Waals surface area contributed by atoms with Crippen molar-refractivity contribution in [1.82, 2.24) is 24.4 Å². The smallest absolute Gasteiger partial charge is 0.293 e. The van der Waals surface area contributed by atoms with Crippen molar-refractivity contribution >= 4 is 16.4 Å². The van der Waals surface area contributed by atoms with Gasteiger partial charge in [0.05, 0.1) is 41.4 Å². The highest BCUT2D eigenvalue weighted by atomic mass is 16.3. The molecular weight excluding hydrogens is 354 g/mol. The summed E-state index contributed by atoms with van der Waals surface area (Å²) < 4.78 is 8.39. The molecule has 0 aliphatic heterocycles. The van der Waals surface area contributed by atoms with E-state index in [1.54, 1.807) is 17.0 Å². The van der Waals surface area contributed by atoms with E-state index < -0.39 is 0 Å². The Morgan fingerprint density at radius 1 is 1.07 bits per heavy atom. The number of furan rings is 1. The molecule has 0 saturated heterocycles. The molecule has 0 unspecified atom stereocenters. The minimum absolute atomic E-state index is 0.207. The number of hydrogen-bond acceptors (Lipinski definition) is 5. The van der Waals surface area contributed by atoms with Gasteiger partial charge >= 0.3 is 0 Å². The Labute approximate surface area is 159 Å². The number of nitrogens with zero attached hydrogens (tertiary/aromatic N) is 5. The molecule has 0 aliphatic rings. The third-order valence-corrected chi connectivity index (χ3v) is 4.84. The molecule has 0 bridgehead atoms. The summed E-state index contributed by atoms with van der Waals surface area (Å²) in [6.07, 6.45) is 3.25. The Bertz CT molecular complexity index is 1370. The molecule has 7 heteroatoms. The Kier molecular flexibility index (Phi) is 3.61. The second-order valence-electron chi connectivity index (χ2n) is 6.76. The molecule has 0 amide bonds. The van der Waals surface area contributed by atoms with Crippen LogP contribution in [0.25, 0.3) is 27.7 Å². The van der Waals surface area contributed by atoms with Crippen LogP contribution in [0, 0.1) is 13.8 Å². The van der Waals surface area contributed by atoms with Crippen molar-refractivity contribution in [3.63, 3.8) is 0 Å². The summed E-state index contributed by atoms with van der Waals surface area (Å²) in [5.74, 6) is 0.645. The molecular formula is C21H17N5O2. The monoisotopic (exact) mass is 371 g/mol. The fraction of sp³-hybridized carbons (Fsp3) is 0.143. The summed E-state index contributed by atoms with van der Waals surface area (Å²) >= 11 is 0. The van der Waals surface area contributed by atoms with E-state index in [4.69, 9.17) is 4.42 Å². The molecule has 138 valence electrons. The van der Waals surface area contributed by atoms with E-state index in [2.05, 4.69) is 15.2 Å². The van der Waals surface area contributed by atoms with Gasteiger partial charge in [0.2, 0.25) is 0 Å². The van der Waals surface area contributed by atoms with E-state index in [1.165, 1.54) is 4.68 Å². The lowest BCUT2D eigenvalue weighted by molar-refractivity contribution is 0.568. The van der Waals surface area contributed by atoms with Gasteiger partial charge in [0.15, 0.2) is 0 Å². The average Bonchev–Trinajstić information content (AvgIpc) is 3.36. The van der Waals surface area contributed by atoms with Gasteiger partial charge in [0.1, 0.15) is 11.3 Å². The summed E-state index contributed by atoms with van der Waals surface area (Å²) in [7, 11) is 0. The highest BCUT2D eigenvalue weighted by Gasteiger charge is 2.17. The molecule has 0 aliphatic carbocycles. The van der Waals surface area contributed by atoms with Gasteiger partial charge in [0.25, 0.3) is 5.56 Å². The van der Waals surface area contributed by atoms with E-state index in [1.807, 2.05) is 56.3 Å². The van der Waals surface area contributed by atoms with Crippen LogP contribution in [0.5, 0.6) is 0 Å². The summed E-state index contributed by atoms with van der Waals surface area (Å²) in [5, 5.41) is 9.90. The molecule has 7 nitrogen and oxygen atoms in total. The lowest BCUT2D eigenvalue weighted by atomic mass is 10.2. The predicted molar refractivity (Wildman–Crippen MR) is 105 cm³/mol. The number of aryl methyl sites for hydroxylation is 2. The van der Waals surface area contributed by atoms with Crippen molar-refractivity contribution in [1.29, 1.82) is 0 Å².